The van der Waals surface area contributed by atoms with Crippen LogP contribution in [0.3, 0.4) is 0 Å². The second kappa shape index (κ2) is 7.06. The number of carbonyl (C=O) groups is 1. The SMILES string of the molecule is CC(C)(C)[Si](OC1CC(C(=O)Cl)C1)(c1ccccc1)c1ccccc1. The van der Waals surface area contributed by atoms with Crippen molar-refractivity contribution in [2.24, 2.45) is 5.92 Å². The van der Waals surface area contributed by atoms with Crippen molar-refractivity contribution in [3.05, 3.63) is 60.7 Å². The molecule has 1 saturated carbocycles. The summed E-state index contributed by atoms with van der Waals surface area (Å²) in [6.07, 6.45) is 1.55. The number of benzene rings is 2. The van der Waals surface area contributed by atoms with Gasteiger partial charge in [-0.3, -0.25) is 4.79 Å². The van der Waals surface area contributed by atoms with E-state index in [-0.39, 0.29) is 22.3 Å². The average Bonchev–Trinajstić information content (AvgIpc) is 2.54. The third-order valence-electron chi connectivity index (χ3n) is 5.18. The van der Waals surface area contributed by atoms with Gasteiger partial charge in [0.15, 0.2) is 0 Å². The molecule has 0 bridgehead atoms. The van der Waals surface area contributed by atoms with E-state index in [1.54, 1.807) is 0 Å². The van der Waals surface area contributed by atoms with Gasteiger partial charge in [-0.15, -0.1) is 0 Å². The van der Waals surface area contributed by atoms with Crippen molar-refractivity contribution in [1.82, 2.24) is 0 Å². The molecule has 0 saturated heterocycles. The second-order valence-electron chi connectivity index (χ2n) is 7.88. The lowest BCUT2D eigenvalue weighted by atomic mass is 9.84. The summed E-state index contributed by atoms with van der Waals surface area (Å²) in [7, 11) is -2.50. The molecule has 1 aliphatic carbocycles. The Labute approximate surface area is 156 Å². The molecule has 0 aromatic heterocycles. The van der Waals surface area contributed by atoms with Gasteiger partial charge in [0.05, 0.1) is 0 Å². The molecule has 25 heavy (non-hydrogen) atoms. The summed E-state index contributed by atoms with van der Waals surface area (Å²) >= 11 is 5.66. The molecule has 0 heterocycles. The smallest absolute Gasteiger partial charge is 0.261 e. The zero-order chi connectivity index (χ0) is 18.1. The first-order chi connectivity index (χ1) is 11.8. The maximum absolute atomic E-state index is 11.4. The highest BCUT2D eigenvalue weighted by Crippen LogP contribution is 2.41. The molecule has 1 aliphatic rings. The van der Waals surface area contributed by atoms with Gasteiger partial charge in [0.2, 0.25) is 5.24 Å². The van der Waals surface area contributed by atoms with Gasteiger partial charge in [0.1, 0.15) is 0 Å². The quantitative estimate of drug-likeness (QED) is 0.583. The maximum Gasteiger partial charge on any atom is 0.261 e. The Hall–Kier alpha value is -1.42. The summed E-state index contributed by atoms with van der Waals surface area (Å²) in [5.41, 5.74) is 0. The van der Waals surface area contributed by atoms with Gasteiger partial charge in [0, 0.05) is 12.0 Å². The van der Waals surface area contributed by atoms with Crippen molar-refractivity contribution in [3.63, 3.8) is 0 Å². The summed E-state index contributed by atoms with van der Waals surface area (Å²) in [4.78, 5) is 11.4. The van der Waals surface area contributed by atoms with Gasteiger partial charge in [-0.1, -0.05) is 81.4 Å². The van der Waals surface area contributed by atoms with Gasteiger partial charge in [-0.25, -0.2) is 0 Å². The molecule has 2 aromatic carbocycles. The van der Waals surface area contributed by atoms with Crippen LogP contribution in [0.5, 0.6) is 0 Å². The van der Waals surface area contributed by atoms with Crippen LogP contribution < -0.4 is 10.4 Å². The second-order valence-corrected chi connectivity index (χ2v) is 12.5. The standard InChI is InChI=1S/C21H25ClO2Si/c1-21(2,3)25(18-10-6-4-7-11-18,19-12-8-5-9-13-19)24-17-14-16(15-17)20(22)23/h4-13,16-17H,14-15H2,1-3H3. The van der Waals surface area contributed by atoms with Gasteiger partial charge in [0.25, 0.3) is 8.32 Å². The number of carbonyl (C=O) groups excluding carboxylic acids is 1. The lowest BCUT2D eigenvalue weighted by Gasteiger charge is -2.48. The van der Waals surface area contributed by atoms with Gasteiger partial charge < -0.3 is 4.43 Å². The van der Waals surface area contributed by atoms with Crippen molar-refractivity contribution in [2.45, 2.75) is 44.8 Å². The van der Waals surface area contributed by atoms with Gasteiger partial charge in [-0.2, -0.15) is 0 Å². The van der Waals surface area contributed by atoms with E-state index in [0.717, 1.165) is 12.8 Å². The monoisotopic (exact) mass is 372 g/mol. The van der Waals surface area contributed by atoms with Gasteiger partial charge in [-0.05, 0) is 39.9 Å². The Morgan fingerprint density at radius 1 is 0.960 bits per heavy atom. The minimum Gasteiger partial charge on any atom is -0.404 e. The van der Waals surface area contributed by atoms with Crippen LogP contribution in [-0.4, -0.2) is 19.7 Å². The Bertz CT molecular complexity index is 679. The molecule has 0 amide bonds. The average molecular weight is 373 g/mol. The molecule has 0 atom stereocenters. The minimum absolute atomic E-state index is 0.0359. The molecular formula is C21H25ClO2Si. The maximum atomic E-state index is 11.4. The first-order valence-corrected chi connectivity index (χ1v) is 11.1. The minimum atomic E-state index is -2.50. The topological polar surface area (TPSA) is 26.3 Å². The van der Waals surface area contributed by atoms with Crippen molar-refractivity contribution in [3.8, 4) is 0 Å². The lowest BCUT2D eigenvalue weighted by molar-refractivity contribution is -0.120. The van der Waals surface area contributed by atoms with Crippen LogP contribution in [0.2, 0.25) is 5.04 Å². The summed E-state index contributed by atoms with van der Waals surface area (Å²) < 4.78 is 6.92. The van der Waals surface area contributed by atoms with Crippen molar-refractivity contribution in [1.29, 1.82) is 0 Å². The molecule has 0 aliphatic heterocycles. The lowest BCUT2D eigenvalue weighted by Crippen LogP contribution is -2.68. The van der Waals surface area contributed by atoms with Crippen LogP contribution in [0.4, 0.5) is 0 Å². The molecule has 132 valence electrons. The molecule has 0 unspecified atom stereocenters. The Balaban J connectivity index is 2.05. The highest BCUT2D eigenvalue weighted by atomic mass is 35.5. The third kappa shape index (κ3) is 3.46. The highest BCUT2D eigenvalue weighted by molar-refractivity contribution is 6.99. The molecule has 0 N–H and O–H groups in total. The highest BCUT2D eigenvalue weighted by Gasteiger charge is 2.53. The van der Waals surface area contributed by atoms with E-state index in [0.29, 0.717) is 0 Å². The summed E-state index contributed by atoms with van der Waals surface area (Å²) in [6.45, 7) is 6.80. The summed E-state index contributed by atoms with van der Waals surface area (Å²) in [5.74, 6) is -0.0510. The van der Waals surface area contributed by atoms with Crippen molar-refractivity contribution in [2.75, 3.05) is 0 Å². The zero-order valence-corrected chi connectivity index (χ0v) is 16.8. The van der Waals surface area contributed by atoms with Crippen LogP contribution in [0.1, 0.15) is 33.6 Å². The van der Waals surface area contributed by atoms with Crippen LogP contribution in [-0.2, 0) is 9.22 Å². The fourth-order valence-corrected chi connectivity index (χ4v) is 8.67. The van der Waals surface area contributed by atoms with Crippen LogP contribution in [0, 0.1) is 5.92 Å². The largest absolute Gasteiger partial charge is 0.404 e. The predicted molar refractivity (Wildman–Crippen MR) is 106 cm³/mol. The zero-order valence-electron chi connectivity index (χ0n) is 15.0. The number of halogens is 1. The van der Waals surface area contributed by atoms with Crippen LogP contribution in [0.25, 0.3) is 0 Å². The van der Waals surface area contributed by atoms with E-state index in [9.17, 15) is 4.79 Å². The molecule has 3 rings (SSSR count). The van der Waals surface area contributed by atoms with E-state index < -0.39 is 8.32 Å². The summed E-state index contributed by atoms with van der Waals surface area (Å²) in [5, 5.41) is 2.28. The molecule has 2 nitrogen and oxygen atoms in total. The number of hydrogen-bond donors (Lipinski definition) is 0. The molecule has 1 fully saturated rings. The molecule has 2 aromatic rings. The fraction of sp³-hybridized carbons (Fsp3) is 0.381. The first kappa shape index (κ1) is 18.4. The normalized spacial score (nSPS) is 20.8. The van der Waals surface area contributed by atoms with E-state index in [2.05, 4.69) is 69.3 Å². The van der Waals surface area contributed by atoms with E-state index in [4.69, 9.17) is 16.0 Å². The Kier molecular flexibility index (Phi) is 5.19. The van der Waals surface area contributed by atoms with E-state index in [1.165, 1.54) is 10.4 Å². The van der Waals surface area contributed by atoms with Crippen molar-refractivity contribution < 1.29 is 9.22 Å². The first-order valence-electron chi connectivity index (χ1n) is 8.83. The number of hydrogen-bond acceptors (Lipinski definition) is 2. The predicted octanol–water partition coefficient (Wildman–Crippen LogP) is 4.11. The Morgan fingerprint density at radius 3 is 1.76 bits per heavy atom. The molecule has 0 radical (unpaired) electrons. The third-order valence-corrected chi connectivity index (χ3v) is 10.6. The molecule has 0 spiro atoms. The Morgan fingerprint density at radius 2 is 1.40 bits per heavy atom. The fourth-order valence-electron chi connectivity index (χ4n) is 3.79. The van der Waals surface area contributed by atoms with Crippen LogP contribution >= 0.6 is 11.6 Å². The summed E-state index contributed by atoms with van der Waals surface area (Å²) in [6, 6.07) is 21.2. The van der Waals surface area contributed by atoms with Crippen molar-refractivity contribution >= 4 is 35.5 Å². The van der Waals surface area contributed by atoms with Gasteiger partial charge >= 0.3 is 0 Å². The molecular weight excluding hydrogens is 348 g/mol. The van der Waals surface area contributed by atoms with E-state index >= 15 is 0 Å². The van der Waals surface area contributed by atoms with Crippen LogP contribution in [0.15, 0.2) is 60.7 Å². The molecule has 4 heteroatoms. The number of rotatable bonds is 5. The van der Waals surface area contributed by atoms with E-state index in [1.807, 2.05) is 12.1 Å².